The quantitative estimate of drug-likeness (QED) is 0.468. The van der Waals surface area contributed by atoms with Crippen LogP contribution in [0.4, 0.5) is 17.2 Å². The number of hydrogen-bond acceptors (Lipinski definition) is 7. The molecule has 2 heterocycles. The lowest BCUT2D eigenvalue weighted by atomic mass is 10.2. The molecule has 1 amide bonds. The van der Waals surface area contributed by atoms with E-state index in [2.05, 4.69) is 25.6 Å². The van der Waals surface area contributed by atoms with Crippen LogP contribution in [-0.2, 0) is 4.79 Å². The molecular formula is C19H15N5OS2. The first-order chi connectivity index (χ1) is 13.2. The number of carbonyl (C=O) groups excluding carboxylic acids is 1. The molecular weight excluding hydrogens is 378 g/mol. The third-order valence-corrected chi connectivity index (χ3v) is 5.16. The number of carbonyl (C=O) groups is 1. The monoisotopic (exact) mass is 393 g/mol. The van der Waals surface area contributed by atoms with Crippen molar-refractivity contribution in [1.29, 1.82) is 0 Å². The lowest BCUT2D eigenvalue weighted by molar-refractivity contribution is -0.114. The molecule has 0 bridgehead atoms. The molecule has 0 radical (unpaired) electrons. The molecule has 0 aliphatic rings. The van der Waals surface area contributed by atoms with E-state index in [0.717, 1.165) is 33.0 Å². The first kappa shape index (κ1) is 17.4. The maximum atomic E-state index is 11.1. The Morgan fingerprint density at radius 1 is 1.11 bits per heavy atom. The third-order valence-electron chi connectivity index (χ3n) is 3.68. The summed E-state index contributed by atoms with van der Waals surface area (Å²) in [5, 5.41) is 9.61. The molecule has 2 aromatic heterocycles. The Morgan fingerprint density at radius 2 is 1.96 bits per heavy atom. The number of benzene rings is 2. The van der Waals surface area contributed by atoms with Gasteiger partial charge in [-0.3, -0.25) is 4.79 Å². The molecule has 8 heteroatoms. The van der Waals surface area contributed by atoms with Crippen molar-refractivity contribution in [2.75, 3.05) is 10.6 Å². The molecule has 0 aliphatic carbocycles. The van der Waals surface area contributed by atoms with Crippen molar-refractivity contribution >= 4 is 57.1 Å². The Kier molecular flexibility index (Phi) is 4.99. The van der Waals surface area contributed by atoms with Crippen LogP contribution in [0.3, 0.4) is 0 Å². The smallest absolute Gasteiger partial charge is 0.221 e. The average Bonchev–Trinajstić information content (AvgIpc) is 3.16. The zero-order chi connectivity index (χ0) is 18.6. The van der Waals surface area contributed by atoms with Gasteiger partial charge in [0.15, 0.2) is 5.16 Å². The molecule has 6 nitrogen and oxygen atoms in total. The number of hydrogen-bond donors (Lipinski definition) is 2. The molecule has 4 rings (SSSR count). The van der Waals surface area contributed by atoms with Crippen LogP contribution in [-0.4, -0.2) is 20.9 Å². The van der Waals surface area contributed by atoms with Crippen molar-refractivity contribution in [3.63, 3.8) is 0 Å². The Hall–Kier alpha value is -2.97. The van der Waals surface area contributed by atoms with Crippen molar-refractivity contribution in [3.8, 4) is 0 Å². The lowest BCUT2D eigenvalue weighted by Crippen LogP contribution is -2.05. The van der Waals surface area contributed by atoms with Crippen molar-refractivity contribution in [2.45, 2.75) is 17.0 Å². The van der Waals surface area contributed by atoms with E-state index in [1.54, 1.807) is 16.8 Å². The van der Waals surface area contributed by atoms with E-state index in [9.17, 15) is 4.79 Å². The first-order valence-corrected chi connectivity index (χ1v) is 9.90. The average molecular weight is 393 g/mol. The van der Waals surface area contributed by atoms with Gasteiger partial charge in [-0.15, -0.1) is 11.3 Å². The summed E-state index contributed by atoms with van der Waals surface area (Å²) in [6.45, 7) is 1.49. The molecule has 134 valence electrons. The highest BCUT2D eigenvalue weighted by molar-refractivity contribution is 7.99. The van der Waals surface area contributed by atoms with Crippen LogP contribution in [0.1, 0.15) is 6.92 Å². The molecule has 2 aromatic carbocycles. The van der Waals surface area contributed by atoms with E-state index >= 15 is 0 Å². The van der Waals surface area contributed by atoms with Gasteiger partial charge in [0.2, 0.25) is 5.91 Å². The van der Waals surface area contributed by atoms with E-state index in [0.29, 0.717) is 5.16 Å². The fourth-order valence-corrected chi connectivity index (χ4v) is 3.74. The van der Waals surface area contributed by atoms with Crippen LogP contribution in [0, 0.1) is 0 Å². The van der Waals surface area contributed by atoms with Crippen LogP contribution >= 0.6 is 23.1 Å². The van der Waals surface area contributed by atoms with Gasteiger partial charge in [0.25, 0.3) is 0 Å². The minimum absolute atomic E-state index is 0.0877. The Balaban J connectivity index is 1.56. The van der Waals surface area contributed by atoms with Crippen LogP contribution < -0.4 is 10.6 Å². The molecule has 0 unspecified atom stereocenters. The number of nitrogens with zero attached hydrogens (tertiary/aromatic N) is 3. The first-order valence-electron chi connectivity index (χ1n) is 8.14. The largest absolute Gasteiger partial charge is 0.339 e. The fourth-order valence-electron chi connectivity index (χ4n) is 2.52. The Bertz CT molecular complexity index is 1080. The van der Waals surface area contributed by atoms with Gasteiger partial charge in [0, 0.05) is 34.5 Å². The van der Waals surface area contributed by atoms with Gasteiger partial charge in [0.1, 0.15) is 5.82 Å². The normalized spacial score (nSPS) is 10.7. The van der Waals surface area contributed by atoms with Gasteiger partial charge in [-0.1, -0.05) is 6.07 Å². The summed E-state index contributed by atoms with van der Waals surface area (Å²) >= 11 is 3.02. The van der Waals surface area contributed by atoms with Crippen molar-refractivity contribution in [3.05, 3.63) is 59.6 Å². The lowest BCUT2D eigenvalue weighted by Gasteiger charge is -2.08. The number of nitrogens with one attached hydrogen (secondary N) is 2. The Morgan fingerprint density at radius 3 is 2.70 bits per heavy atom. The number of thiazole rings is 1. The number of fused-ring (bicyclic) bond motifs is 1. The minimum Gasteiger partial charge on any atom is -0.339 e. The maximum absolute atomic E-state index is 11.1. The van der Waals surface area contributed by atoms with Crippen LogP contribution in [0.25, 0.3) is 10.9 Å². The van der Waals surface area contributed by atoms with Gasteiger partial charge in [-0.05, 0) is 48.2 Å². The summed E-state index contributed by atoms with van der Waals surface area (Å²) < 4.78 is 0. The molecule has 0 saturated carbocycles. The molecule has 0 saturated heterocycles. The summed E-state index contributed by atoms with van der Waals surface area (Å²) in [5.74, 6) is 0.723. The zero-order valence-electron chi connectivity index (χ0n) is 14.3. The third kappa shape index (κ3) is 4.24. The van der Waals surface area contributed by atoms with Crippen molar-refractivity contribution in [2.24, 2.45) is 0 Å². The second-order valence-corrected chi connectivity index (χ2v) is 7.46. The van der Waals surface area contributed by atoms with Crippen LogP contribution in [0.15, 0.2) is 69.6 Å². The summed E-state index contributed by atoms with van der Waals surface area (Å²) in [6.07, 6.45) is 1.82. The summed E-state index contributed by atoms with van der Waals surface area (Å²) in [5.41, 5.74) is 4.34. The zero-order valence-corrected chi connectivity index (χ0v) is 16.0. The summed E-state index contributed by atoms with van der Waals surface area (Å²) in [7, 11) is 0. The van der Waals surface area contributed by atoms with Crippen molar-refractivity contribution < 1.29 is 4.79 Å². The van der Waals surface area contributed by atoms with Crippen LogP contribution in [0.5, 0.6) is 0 Å². The summed E-state index contributed by atoms with van der Waals surface area (Å²) in [6, 6.07) is 13.5. The second kappa shape index (κ2) is 7.73. The topological polar surface area (TPSA) is 79.8 Å². The minimum atomic E-state index is -0.0877. The van der Waals surface area contributed by atoms with E-state index < -0.39 is 0 Å². The van der Waals surface area contributed by atoms with Gasteiger partial charge >= 0.3 is 0 Å². The highest BCUT2D eigenvalue weighted by Gasteiger charge is 2.07. The van der Waals surface area contributed by atoms with E-state index in [4.69, 9.17) is 0 Å². The highest BCUT2D eigenvalue weighted by atomic mass is 32.2. The fraction of sp³-hybridized carbons (Fsp3) is 0.0526. The molecule has 4 aromatic rings. The molecule has 0 fully saturated rings. The van der Waals surface area contributed by atoms with Gasteiger partial charge in [0.05, 0.1) is 16.7 Å². The predicted octanol–water partition coefficient (Wildman–Crippen LogP) is 4.94. The standard InChI is InChI=1S/C19H15N5OS2/c1-12(25)22-13-5-7-14(8-6-13)27-19-20-9-15-16(3-2-4-17(15)24-19)23-18-10-26-11-21-18/h2-11,23H,1H3,(H,22,25). The maximum Gasteiger partial charge on any atom is 0.221 e. The van der Waals surface area contributed by atoms with E-state index in [-0.39, 0.29) is 5.91 Å². The Labute approximate surface area is 164 Å². The number of aromatic nitrogens is 3. The highest BCUT2D eigenvalue weighted by Crippen LogP contribution is 2.29. The number of anilines is 3. The number of rotatable bonds is 5. The van der Waals surface area contributed by atoms with Crippen LogP contribution in [0.2, 0.25) is 0 Å². The number of amides is 1. The second-order valence-electron chi connectivity index (χ2n) is 5.70. The van der Waals surface area contributed by atoms with Gasteiger partial charge in [-0.25, -0.2) is 15.0 Å². The summed E-state index contributed by atoms with van der Waals surface area (Å²) in [4.78, 5) is 25.5. The molecule has 2 N–H and O–H groups in total. The van der Waals surface area contributed by atoms with Gasteiger partial charge in [-0.2, -0.15) is 0 Å². The predicted molar refractivity (Wildman–Crippen MR) is 110 cm³/mol. The van der Waals surface area contributed by atoms with E-state index in [1.165, 1.54) is 18.7 Å². The molecule has 27 heavy (non-hydrogen) atoms. The van der Waals surface area contributed by atoms with E-state index in [1.807, 2.05) is 54.0 Å². The molecule has 0 spiro atoms. The van der Waals surface area contributed by atoms with Gasteiger partial charge < -0.3 is 10.6 Å². The SMILES string of the molecule is CC(=O)Nc1ccc(Sc2ncc3c(Nc4cscn4)cccc3n2)cc1. The molecule has 0 aliphatic heterocycles. The molecule has 0 atom stereocenters. The van der Waals surface area contributed by atoms with Crippen molar-refractivity contribution in [1.82, 2.24) is 15.0 Å².